The molecular weight excluding hydrogens is 286 g/mol. The van der Waals surface area contributed by atoms with Gasteiger partial charge in [-0.2, -0.15) is 0 Å². The van der Waals surface area contributed by atoms with Crippen LogP contribution in [0.5, 0.6) is 5.75 Å². The first kappa shape index (κ1) is 15.1. The molecule has 0 bridgehead atoms. The largest absolute Gasteiger partial charge is 0.496 e. The maximum Gasteiger partial charge on any atom is 0.228 e. The highest BCUT2D eigenvalue weighted by Crippen LogP contribution is 2.23. The van der Waals surface area contributed by atoms with Crippen LogP contribution >= 0.6 is 0 Å². The summed E-state index contributed by atoms with van der Waals surface area (Å²) in [6, 6.07) is 19.8. The Hall–Kier alpha value is -2.81. The first-order valence-corrected chi connectivity index (χ1v) is 7.58. The Bertz CT molecular complexity index is 850. The van der Waals surface area contributed by atoms with Crippen LogP contribution in [-0.2, 0) is 11.2 Å². The van der Waals surface area contributed by atoms with Gasteiger partial charge in [0, 0.05) is 11.1 Å². The molecule has 0 aliphatic heterocycles. The summed E-state index contributed by atoms with van der Waals surface area (Å²) >= 11 is 0. The number of anilines is 1. The van der Waals surface area contributed by atoms with Crippen LogP contribution in [0.3, 0.4) is 0 Å². The summed E-state index contributed by atoms with van der Waals surface area (Å²) in [6.07, 6.45) is 0.341. The Morgan fingerprint density at radius 1 is 1.04 bits per heavy atom. The number of nitrogens with one attached hydrogen (secondary N) is 1. The van der Waals surface area contributed by atoms with Gasteiger partial charge in [0.25, 0.3) is 0 Å². The van der Waals surface area contributed by atoms with Crippen molar-refractivity contribution in [3.05, 3.63) is 71.8 Å². The average molecular weight is 305 g/mol. The molecule has 0 spiro atoms. The minimum atomic E-state index is -0.0223. The minimum Gasteiger partial charge on any atom is -0.496 e. The fourth-order valence-corrected chi connectivity index (χ4v) is 2.76. The number of amides is 1. The molecule has 3 nitrogen and oxygen atoms in total. The van der Waals surface area contributed by atoms with Gasteiger partial charge in [0.15, 0.2) is 0 Å². The summed E-state index contributed by atoms with van der Waals surface area (Å²) in [7, 11) is 1.65. The van der Waals surface area contributed by atoms with E-state index in [1.54, 1.807) is 7.11 Å². The lowest BCUT2D eigenvalue weighted by Gasteiger charge is -2.10. The second kappa shape index (κ2) is 6.53. The number of rotatable bonds is 4. The summed E-state index contributed by atoms with van der Waals surface area (Å²) in [6.45, 7) is 1.98. The molecular formula is C20H19NO2. The van der Waals surface area contributed by atoms with E-state index in [9.17, 15) is 4.79 Å². The van der Waals surface area contributed by atoms with Crippen molar-refractivity contribution < 1.29 is 9.53 Å². The van der Waals surface area contributed by atoms with Crippen LogP contribution in [0, 0.1) is 6.92 Å². The average Bonchev–Trinajstić information content (AvgIpc) is 2.55. The molecule has 0 heterocycles. The van der Waals surface area contributed by atoms with Gasteiger partial charge in [-0.05, 0) is 35.6 Å². The number of benzene rings is 3. The van der Waals surface area contributed by atoms with Gasteiger partial charge in [-0.25, -0.2) is 0 Å². The van der Waals surface area contributed by atoms with Crippen LogP contribution in [0.15, 0.2) is 60.7 Å². The van der Waals surface area contributed by atoms with Gasteiger partial charge < -0.3 is 10.1 Å². The molecule has 0 aromatic heterocycles. The summed E-state index contributed by atoms with van der Waals surface area (Å²) in [5, 5.41) is 5.18. The van der Waals surface area contributed by atoms with Crippen molar-refractivity contribution in [2.24, 2.45) is 0 Å². The molecule has 0 unspecified atom stereocenters. The molecule has 0 radical (unpaired) electrons. The molecule has 3 heteroatoms. The smallest absolute Gasteiger partial charge is 0.228 e. The molecule has 3 aromatic carbocycles. The molecule has 3 rings (SSSR count). The number of aryl methyl sites for hydroxylation is 1. The summed E-state index contributed by atoms with van der Waals surface area (Å²) < 4.78 is 5.25. The normalized spacial score (nSPS) is 10.5. The summed E-state index contributed by atoms with van der Waals surface area (Å²) in [5.41, 5.74) is 2.85. The van der Waals surface area contributed by atoms with Crippen LogP contribution in [0.4, 0.5) is 5.69 Å². The van der Waals surface area contributed by atoms with Crippen molar-refractivity contribution in [2.45, 2.75) is 13.3 Å². The molecule has 0 saturated heterocycles. The molecule has 0 atom stereocenters. The van der Waals surface area contributed by atoms with E-state index in [1.165, 1.54) is 0 Å². The van der Waals surface area contributed by atoms with Crippen molar-refractivity contribution in [2.75, 3.05) is 12.4 Å². The lowest BCUT2D eigenvalue weighted by molar-refractivity contribution is -0.115. The molecule has 1 amide bonds. The third-order valence-corrected chi connectivity index (χ3v) is 3.89. The second-order valence-electron chi connectivity index (χ2n) is 5.56. The van der Waals surface area contributed by atoms with Crippen molar-refractivity contribution in [1.82, 2.24) is 0 Å². The highest BCUT2D eigenvalue weighted by Gasteiger charge is 2.08. The van der Waals surface area contributed by atoms with E-state index in [0.29, 0.717) is 6.42 Å². The predicted molar refractivity (Wildman–Crippen MR) is 94.0 cm³/mol. The molecule has 1 N–H and O–H groups in total. The van der Waals surface area contributed by atoms with Crippen LogP contribution in [0.1, 0.15) is 11.1 Å². The predicted octanol–water partition coefficient (Wildman–Crippen LogP) is 4.34. The number of ether oxygens (including phenoxy) is 1. The zero-order valence-corrected chi connectivity index (χ0v) is 13.3. The molecule has 0 fully saturated rings. The van der Waals surface area contributed by atoms with Crippen LogP contribution in [0.2, 0.25) is 0 Å². The Balaban J connectivity index is 1.77. The van der Waals surface area contributed by atoms with E-state index >= 15 is 0 Å². The minimum absolute atomic E-state index is 0.0223. The van der Waals surface area contributed by atoms with Crippen molar-refractivity contribution in [3.8, 4) is 5.75 Å². The van der Waals surface area contributed by atoms with Crippen molar-refractivity contribution in [3.63, 3.8) is 0 Å². The van der Waals surface area contributed by atoms with E-state index in [1.807, 2.05) is 67.6 Å². The summed E-state index contributed by atoms with van der Waals surface area (Å²) in [4.78, 5) is 12.3. The monoisotopic (exact) mass is 305 g/mol. The molecule has 23 heavy (non-hydrogen) atoms. The highest BCUT2D eigenvalue weighted by molar-refractivity contribution is 6.02. The van der Waals surface area contributed by atoms with Gasteiger partial charge in [-0.15, -0.1) is 0 Å². The number of hydrogen-bond donors (Lipinski definition) is 1. The number of carbonyl (C=O) groups is 1. The maximum absolute atomic E-state index is 12.3. The van der Waals surface area contributed by atoms with Crippen LogP contribution < -0.4 is 10.1 Å². The quantitative estimate of drug-likeness (QED) is 0.778. The van der Waals surface area contributed by atoms with Crippen molar-refractivity contribution in [1.29, 1.82) is 0 Å². The zero-order valence-electron chi connectivity index (χ0n) is 13.3. The first-order valence-electron chi connectivity index (χ1n) is 7.58. The SMILES string of the molecule is COc1ccc(CC(=O)Nc2cccc3ccccc23)cc1C. The Morgan fingerprint density at radius 2 is 1.83 bits per heavy atom. The third kappa shape index (κ3) is 3.34. The highest BCUT2D eigenvalue weighted by atomic mass is 16.5. The number of methoxy groups -OCH3 is 1. The number of fused-ring (bicyclic) bond motifs is 1. The van der Waals surface area contributed by atoms with E-state index in [2.05, 4.69) is 5.32 Å². The Kier molecular flexibility index (Phi) is 4.29. The van der Waals surface area contributed by atoms with Gasteiger partial charge in [-0.1, -0.05) is 48.5 Å². The Labute approximate surface area is 135 Å². The van der Waals surface area contributed by atoms with E-state index in [0.717, 1.165) is 33.3 Å². The fourth-order valence-electron chi connectivity index (χ4n) is 2.76. The first-order chi connectivity index (χ1) is 11.2. The van der Waals surface area contributed by atoms with Gasteiger partial charge in [0.05, 0.1) is 13.5 Å². The lowest BCUT2D eigenvalue weighted by Crippen LogP contribution is -2.14. The topological polar surface area (TPSA) is 38.3 Å². The van der Waals surface area contributed by atoms with Gasteiger partial charge in [-0.3, -0.25) is 4.79 Å². The number of carbonyl (C=O) groups excluding carboxylic acids is 1. The second-order valence-corrected chi connectivity index (χ2v) is 5.56. The van der Waals surface area contributed by atoms with E-state index in [4.69, 9.17) is 4.74 Å². The molecule has 116 valence electrons. The van der Waals surface area contributed by atoms with Gasteiger partial charge >= 0.3 is 0 Å². The molecule has 0 aliphatic carbocycles. The maximum atomic E-state index is 12.3. The third-order valence-electron chi connectivity index (χ3n) is 3.89. The summed E-state index contributed by atoms with van der Waals surface area (Å²) in [5.74, 6) is 0.814. The van der Waals surface area contributed by atoms with Gasteiger partial charge in [0.2, 0.25) is 5.91 Å². The standard InChI is InChI=1S/C20H19NO2/c1-14-12-15(10-11-19(14)23-2)13-20(22)21-18-9-5-7-16-6-3-4-8-17(16)18/h3-12H,13H2,1-2H3,(H,21,22). The molecule has 0 aliphatic rings. The van der Waals surface area contributed by atoms with E-state index in [-0.39, 0.29) is 5.91 Å². The number of hydrogen-bond acceptors (Lipinski definition) is 2. The van der Waals surface area contributed by atoms with E-state index < -0.39 is 0 Å². The van der Waals surface area contributed by atoms with Crippen molar-refractivity contribution >= 4 is 22.4 Å². The fraction of sp³-hybridized carbons (Fsp3) is 0.150. The lowest BCUT2D eigenvalue weighted by atomic mass is 10.1. The molecule has 3 aromatic rings. The van der Waals surface area contributed by atoms with Crippen LogP contribution in [0.25, 0.3) is 10.8 Å². The van der Waals surface area contributed by atoms with Gasteiger partial charge in [0.1, 0.15) is 5.75 Å². The zero-order chi connectivity index (χ0) is 16.2. The Morgan fingerprint density at radius 3 is 2.61 bits per heavy atom. The molecule has 0 saturated carbocycles. The van der Waals surface area contributed by atoms with Crippen LogP contribution in [-0.4, -0.2) is 13.0 Å².